The van der Waals surface area contributed by atoms with Gasteiger partial charge in [-0.15, -0.1) is 0 Å². The molecular weight excluding hydrogens is 236 g/mol. The van der Waals surface area contributed by atoms with Crippen molar-refractivity contribution in [1.29, 1.82) is 0 Å². The van der Waals surface area contributed by atoms with Gasteiger partial charge in [-0.05, 0) is 38.8 Å². The van der Waals surface area contributed by atoms with Gasteiger partial charge in [0.25, 0.3) is 0 Å². The summed E-state index contributed by atoms with van der Waals surface area (Å²) in [6, 6.07) is 8.92. The van der Waals surface area contributed by atoms with Crippen molar-refractivity contribution in [1.82, 2.24) is 9.97 Å². The first kappa shape index (κ1) is 12.0. The van der Waals surface area contributed by atoms with Gasteiger partial charge in [0.05, 0.1) is 5.69 Å². The van der Waals surface area contributed by atoms with Gasteiger partial charge < -0.3 is 11.1 Å². The van der Waals surface area contributed by atoms with E-state index in [2.05, 4.69) is 47.3 Å². The summed E-state index contributed by atoms with van der Waals surface area (Å²) >= 11 is 0. The van der Waals surface area contributed by atoms with Gasteiger partial charge in [0.2, 0.25) is 5.95 Å². The van der Waals surface area contributed by atoms with E-state index in [4.69, 9.17) is 5.73 Å². The van der Waals surface area contributed by atoms with Gasteiger partial charge in [0.1, 0.15) is 5.82 Å². The normalized spacial score (nSPS) is 14.4. The predicted octanol–water partition coefficient (Wildman–Crippen LogP) is 2.92. The van der Waals surface area contributed by atoms with E-state index in [1.165, 1.54) is 24.0 Å². The minimum absolute atomic E-state index is 0.319. The molecule has 3 N–H and O–H groups in total. The molecule has 0 bridgehead atoms. The van der Waals surface area contributed by atoms with Crippen LogP contribution < -0.4 is 11.1 Å². The number of nitrogen functional groups attached to an aromatic ring is 1. The number of rotatable bonds is 3. The third kappa shape index (κ3) is 2.84. The second-order valence-corrected chi connectivity index (χ2v) is 5.29. The maximum Gasteiger partial charge on any atom is 0.222 e. The van der Waals surface area contributed by atoms with E-state index in [1.54, 1.807) is 0 Å². The molecular formula is C15H18N4. The maximum atomic E-state index is 5.81. The smallest absolute Gasteiger partial charge is 0.222 e. The number of hydrogen-bond acceptors (Lipinski definition) is 4. The van der Waals surface area contributed by atoms with Crippen LogP contribution in [0.3, 0.4) is 0 Å². The van der Waals surface area contributed by atoms with Crippen molar-refractivity contribution in [3.05, 3.63) is 35.4 Å². The van der Waals surface area contributed by atoms with Crippen LogP contribution in [0.4, 0.5) is 11.8 Å². The second-order valence-electron chi connectivity index (χ2n) is 5.29. The van der Waals surface area contributed by atoms with Crippen LogP contribution in [-0.2, 0) is 0 Å². The molecule has 19 heavy (non-hydrogen) atoms. The fourth-order valence-corrected chi connectivity index (χ4v) is 2.25. The van der Waals surface area contributed by atoms with Crippen molar-refractivity contribution >= 4 is 11.8 Å². The average molecular weight is 254 g/mol. The van der Waals surface area contributed by atoms with Gasteiger partial charge in [0.15, 0.2) is 0 Å². The number of nitrogens with zero attached hydrogens (tertiary/aromatic N) is 2. The summed E-state index contributed by atoms with van der Waals surface area (Å²) < 4.78 is 0. The third-order valence-electron chi connectivity index (χ3n) is 3.19. The highest BCUT2D eigenvalue weighted by atomic mass is 15.1. The Morgan fingerprint density at radius 3 is 2.37 bits per heavy atom. The summed E-state index contributed by atoms with van der Waals surface area (Å²) in [5, 5.41) is 3.36. The van der Waals surface area contributed by atoms with E-state index in [0.29, 0.717) is 12.0 Å². The monoisotopic (exact) mass is 254 g/mol. The van der Waals surface area contributed by atoms with Gasteiger partial charge in [-0.3, -0.25) is 0 Å². The lowest BCUT2D eigenvalue weighted by Crippen LogP contribution is -2.06. The first-order chi connectivity index (χ1) is 9.10. The highest BCUT2D eigenvalue weighted by Crippen LogP contribution is 2.27. The number of aryl methyl sites for hydroxylation is 2. The molecule has 1 aliphatic rings. The Balaban J connectivity index is 2.00. The van der Waals surface area contributed by atoms with Crippen LogP contribution in [0.5, 0.6) is 0 Å². The van der Waals surface area contributed by atoms with Crippen LogP contribution in [0.2, 0.25) is 0 Å². The Labute approximate surface area is 113 Å². The Bertz CT molecular complexity index is 597. The van der Waals surface area contributed by atoms with Gasteiger partial charge in [0, 0.05) is 17.7 Å². The summed E-state index contributed by atoms with van der Waals surface area (Å²) in [5.74, 6) is 1.14. The molecule has 1 aromatic carbocycles. The zero-order valence-corrected chi connectivity index (χ0v) is 11.3. The molecule has 1 heterocycles. The highest BCUT2D eigenvalue weighted by molar-refractivity contribution is 5.65. The van der Waals surface area contributed by atoms with E-state index in [0.717, 1.165) is 17.1 Å². The van der Waals surface area contributed by atoms with Gasteiger partial charge in [-0.25, -0.2) is 4.98 Å². The van der Waals surface area contributed by atoms with Crippen molar-refractivity contribution in [3.63, 3.8) is 0 Å². The molecule has 1 saturated carbocycles. The lowest BCUT2D eigenvalue weighted by molar-refractivity contribution is 1.09. The minimum atomic E-state index is 0.319. The van der Waals surface area contributed by atoms with Crippen LogP contribution in [0.1, 0.15) is 24.0 Å². The highest BCUT2D eigenvalue weighted by Gasteiger charge is 2.21. The Kier molecular flexibility index (Phi) is 2.85. The summed E-state index contributed by atoms with van der Waals surface area (Å²) in [6.07, 6.45) is 2.42. The number of nitrogens with one attached hydrogen (secondary N) is 1. The average Bonchev–Trinajstić information content (AvgIpc) is 3.11. The number of nitrogens with two attached hydrogens (primary N) is 1. The van der Waals surface area contributed by atoms with E-state index < -0.39 is 0 Å². The van der Waals surface area contributed by atoms with E-state index in [1.807, 2.05) is 6.07 Å². The van der Waals surface area contributed by atoms with Crippen molar-refractivity contribution in [3.8, 4) is 11.3 Å². The van der Waals surface area contributed by atoms with Crippen molar-refractivity contribution in [2.75, 3.05) is 11.1 Å². The summed E-state index contributed by atoms with van der Waals surface area (Å²) in [6.45, 7) is 4.18. The van der Waals surface area contributed by atoms with Crippen molar-refractivity contribution in [2.45, 2.75) is 32.7 Å². The molecule has 1 fully saturated rings. The first-order valence-electron chi connectivity index (χ1n) is 6.60. The summed E-state index contributed by atoms with van der Waals surface area (Å²) in [7, 11) is 0. The minimum Gasteiger partial charge on any atom is -0.368 e. The molecule has 1 aliphatic carbocycles. The summed E-state index contributed by atoms with van der Waals surface area (Å²) in [5.41, 5.74) is 10.2. The molecule has 0 saturated heterocycles. The fourth-order valence-electron chi connectivity index (χ4n) is 2.25. The predicted molar refractivity (Wildman–Crippen MR) is 78.0 cm³/mol. The van der Waals surface area contributed by atoms with Crippen LogP contribution in [0, 0.1) is 13.8 Å². The van der Waals surface area contributed by atoms with E-state index >= 15 is 0 Å². The third-order valence-corrected chi connectivity index (χ3v) is 3.19. The molecule has 0 radical (unpaired) electrons. The lowest BCUT2D eigenvalue weighted by atomic mass is 10.0. The first-order valence-corrected chi connectivity index (χ1v) is 6.60. The van der Waals surface area contributed by atoms with Gasteiger partial charge in [-0.1, -0.05) is 17.2 Å². The zero-order chi connectivity index (χ0) is 13.4. The van der Waals surface area contributed by atoms with E-state index in [9.17, 15) is 0 Å². The molecule has 0 atom stereocenters. The van der Waals surface area contributed by atoms with Crippen LogP contribution >= 0.6 is 0 Å². The van der Waals surface area contributed by atoms with Gasteiger partial charge in [-0.2, -0.15) is 4.98 Å². The largest absolute Gasteiger partial charge is 0.368 e. The topological polar surface area (TPSA) is 63.8 Å². The molecule has 1 aromatic heterocycles. The molecule has 0 unspecified atom stereocenters. The number of benzene rings is 1. The maximum absolute atomic E-state index is 5.81. The Hall–Kier alpha value is -2.10. The zero-order valence-electron chi connectivity index (χ0n) is 11.3. The Morgan fingerprint density at radius 2 is 1.74 bits per heavy atom. The van der Waals surface area contributed by atoms with Crippen molar-refractivity contribution < 1.29 is 0 Å². The molecule has 3 rings (SSSR count). The number of hydrogen-bond donors (Lipinski definition) is 2. The molecule has 0 amide bonds. The molecule has 2 aromatic rings. The number of aromatic nitrogens is 2. The SMILES string of the molecule is Cc1cc(C)cc(-c2cc(NC3CC3)nc(N)n2)c1. The van der Waals surface area contributed by atoms with Crippen LogP contribution in [-0.4, -0.2) is 16.0 Å². The molecule has 0 aliphatic heterocycles. The van der Waals surface area contributed by atoms with Gasteiger partial charge >= 0.3 is 0 Å². The van der Waals surface area contributed by atoms with E-state index in [-0.39, 0.29) is 0 Å². The molecule has 0 spiro atoms. The number of anilines is 2. The lowest BCUT2D eigenvalue weighted by Gasteiger charge is -2.09. The van der Waals surface area contributed by atoms with Crippen LogP contribution in [0.25, 0.3) is 11.3 Å². The summed E-state index contributed by atoms with van der Waals surface area (Å²) in [4.78, 5) is 8.58. The molecule has 4 nitrogen and oxygen atoms in total. The molecule has 98 valence electrons. The standard InChI is InChI=1S/C15H18N4/c1-9-5-10(2)7-11(6-9)13-8-14(17-12-3-4-12)19-15(16)18-13/h5-8,12H,3-4H2,1-2H3,(H3,16,17,18,19). The fraction of sp³-hybridized carbons (Fsp3) is 0.333. The van der Waals surface area contributed by atoms with Crippen molar-refractivity contribution in [2.24, 2.45) is 0 Å². The quantitative estimate of drug-likeness (QED) is 0.884. The van der Waals surface area contributed by atoms with Crippen LogP contribution in [0.15, 0.2) is 24.3 Å². The second kappa shape index (κ2) is 4.53. The Morgan fingerprint density at radius 1 is 1.05 bits per heavy atom. The molecule has 4 heteroatoms.